The summed E-state index contributed by atoms with van der Waals surface area (Å²) in [5, 5.41) is 0. The lowest BCUT2D eigenvalue weighted by molar-refractivity contribution is -0.151. The van der Waals surface area contributed by atoms with Crippen LogP contribution in [0.3, 0.4) is 0 Å². The number of esters is 1. The van der Waals surface area contributed by atoms with Gasteiger partial charge in [-0.2, -0.15) is 0 Å². The van der Waals surface area contributed by atoms with Crippen LogP contribution in [0.15, 0.2) is 54.6 Å². The van der Waals surface area contributed by atoms with Crippen LogP contribution >= 0.6 is 0 Å². The molecule has 2 amide bonds. The molecule has 0 aliphatic carbocycles. The van der Waals surface area contributed by atoms with E-state index in [1.54, 1.807) is 16.7 Å². The minimum atomic E-state index is -0.170. The van der Waals surface area contributed by atoms with Gasteiger partial charge in [-0.05, 0) is 48.4 Å². The Labute approximate surface area is 209 Å². The highest BCUT2D eigenvalue weighted by atomic mass is 16.5. The summed E-state index contributed by atoms with van der Waals surface area (Å²) in [6.45, 7) is 10.5. The number of carbonyl (C=O) groups is 3. The van der Waals surface area contributed by atoms with Gasteiger partial charge < -0.3 is 14.5 Å². The van der Waals surface area contributed by atoms with Gasteiger partial charge in [-0.3, -0.25) is 14.4 Å². The van der Waals surface area contributed by atoms with Gasteiger partial charge in [-0.15, -0.1) is 0 Å². The van der Waals surface area contributed by atoms with E-state index in [9.17, 15) is 14.4 Å². The first-order valence-electron chi connectivity index (χ1n) is 12.6. The Balaban J connectivity index is 1.65. The van der Waals surface area contributed by atoms with E-state index in [1.807, 2.05) is 54.6 Å². The molecule has 0 saturated carbocycles. The quantitative estimate of drug-likeness (QED) is 0.510. The third kappa shape index (κ3) is 7.41. The first-order chi connectivity index (χ1) is 16.7. The van der Waals surface area contributed by atoms with Crippen LogP contribution in [-0.2, 0) is 26.3 Å². The highest BCUT2D eigenvalue weighted by Gasteiger charge is 2.28. The maximum absolute atomic E-state index is 13.4. The second kappa shape index (κ2) is 12.0. The van der Waals surface area contributed by atoms with Crippen LogP contribution in [0, 0.1) is 5.92 Å². The topological polar surface area (TPSA) is 66.9 Å². The summed E-state index contributed by atoms with van der Waals surface area (Å²) in [7, 11) is 0. The lowest BCUT2D eigenvalue weighted by atomic mass is 9.86. The molecule has 1 fully saturated rings. The van der Waals surface area contributed by atoms with Crippen LogP contribution in [-0.4, -0.2) is 53.8 Å². The highest BCUT2D eigenvalue weighted by Crippen LogP contribution is 2.23. The van der Waals surface area contributed by atoms with Crippen molar-refractivity contribution in [2.45, 2.75) is 58.9 Å². The fourth-order valence-electron chi connectivity index (χ4n) is 4.37. The molecule has 0 N–H and O–H groups in total. The minimum absolute atomic E-state index is 0.0124. The summed E-state index contributed by atoms with van der Waals surface area (Å²) < 4.78 is 5.12. The Hall–Kier alpha value is -3.15. The van der Waals surface area contributed by atoms with E-state index >= 15 is 0 Å². The minimum Gasteiger partial charge on any atom is -0.466 e. The molecule has 3 rings (SSSR count). The Morgan fingerprint density at radius 2 is 1.60 bits per heavy atom. The van der Waals surface area contributed by atoms with Gasteiger partial charge in [0.1, 0.15) is 0 Å². The number of hydrogen-bond acceptors (Lipinski definition) is 4. The Morgan fingerprint density at radius 1 is 0.971 bits per heavy atom. The Morgan fingerprint density at radius 3 is 2.17 bits per heavy atom. The number of rotatable bonds is 8. The van der Waals surface area contributed by atoms with Crippen molar-refractivity contribution in [3.63, 3.8) is 0 Å². The van der Waals surface area contributed by atoms with Gasteiger partial charge in [-0.25, -0.2) is 0 Å². The lowest BCUT2D eigenvalue weighted by Crippen LogP contribution is -2.42. The molecule has 35 heavy (non-hydrogen) atoms. The third-order valence-electron chi connectivity index (χ3n) is 6.56. The van der Waals surface area contributed by atoms with Gasteiger partial charge in [0.25, 0.3) is 5.91 Å². The van der Waals surface area contributed by atoms with Crippen molar-refractivity contribution in [1.82, 2.24) is 9.80 Å². The van der Waals surface area contributed by atoms with Crippen LogP contribution in [0.5, 0.6) is 0 Å². The standard InChI is InChI=1S/C29H38N2O4/c1-5-35-28(34)24-15-18-30(19-16-24)26(32)17-20-31(21-22-9-7-6-8-10-22)27(33)23-11-13-25(14-12-23)29(2,3)4/h6-14,24H,5,15-21H2,1-4H3. The third-order valence-corrected chi connectivity index (χ3v) is 6.56. The molecule has 0 bridgehead atoms. The molecule has 0 radical (unpaired) electrons. The average Bonchev–Trinajstić information content (AvgIpc) is 2.86. The first-order valence-corrected chi connectivity index (χ1v) is 12.6. The van der Waals surface area contributed by atoms with Crippen molar-refractivity contribution >= 4 is 17.8 Å². The molecule has 6 heteroatoms. The molecule has 6 nitrogen and oxygen atoms in total. The molecule has 0 spiro atoms. The average molecular weight is 479 g/mol. The van der Waals surface area contributed by atoms with Crippen molar-refractivity contribution in [2.75, 3.05) is 26.2 Å². The summed E-state index contributed by atoms with van der Waals surface area (Å²) in [6, 6.07) is 17.6. The lowest BCUT2D eigenvalue weighted by Gasteiger charge is -2.32. The molecule has 0 aromatic heterocycles. The summed E-state index contributed by atoms with van der Waals surface area (Å²) in [6.07, 6.45) is 1.50. The molecular formula is C29H38N2O4. The maximum Gasteiger partial charge on any atom is 0.309 e. The van der Waals surface area contributed by atoms with Gasteiger partial charge in [-0.1, -0.05) is 63.2 Å². The molecule has 2 aromatic rings. The smallest absolute Gasteiger partial charge is 0.309 e. The summed E-state index contributed by atoms with van der Waals surface area (Å²) in [5.41, 5.74) is 2.83. The fourth-order valence-corrected chi connectivity index (χ4v) is 4.37. The number of ether oxygens (including phenoxy) is 1. The van der Waals surface area contributed by atoms with Gasteiger partial charge in [0.2, 0.25) is 5.91 Å². The summed E-state index contributed by atoms with van der Waals surface area (Å²) >= 11 is 0. The zero-order valence-electron chi connectivity index (χ0n) is 21.5. The van der Waals surface area contributed by atoms with Crippen LogP contribution < -0.4 is 0 Å². The molecule has 2 aromatic carbocycles. The summed E-state index contributed by atoms with van der Waals surface area (Å²) in [4.78, 5) is 41.9. The molecule has 0 unspecified atom stereocenters. The van der Waals surface area contributed by atoms with Gasteiger partial charge >= 0.3 is 5.97 Å². The van der Waals surface area contributed by atoms with Crippen molar-refractivity contribution in [1.29, 1.82) is 0 Å². The van der Waals surface area contributed by atoms with Gasteiger partial charge in [0.15, 0.2) is 0 Å². The number of hydrogen-bond donors (Lipinski definition) is 0. The van der Waals surface area contributed by atoms with Crippen LogP contribution in [0.1, 0.15) is 68.4 Å². The van der Waals surface area contributed by atoms with E-state index in [2.05, 4.69) is 20.8 Å². The molecule has 1 aliphatic rings. The van der Waals surface area contributed by atoms with Gasteiger partial charge in [0.05, 0.1) is 12.5 Å². The predicted octanol–water partition coefficient (Wildman–Crippen LogP) is 4.82. The van der Waals surface area contributed by atoms with Crippen LogP contribution in [0.4, 0.5) is 0 Å². The molecule has 1 saturated heterocycles. The van der Waals surface area contributed by atoms with Crippen molar-refractivity contribution in [3.8, 4) is 0 Å². The molecule has 188 valence electrons. The number of likely N-dealkylation sites (tertiary alicyclic amines) is 1. The Bertz CT molecular complexity index is 988. The monoisotopic (exact) mass is 478 g/mol. The number of piperidine rings is 1. The summed E-state index contributed by atoms with van der Waals surface area (Å²) in [5.74, 6) is -0.368. The van der Waals surface area contributed by atoms with Crippen LogP contribution in [0.2, 0.25) is 0 Å². The zero-order valence-corrected chi connectivity index (χ0v) is 21.5. The van der Waals surface area contributed by atoms with Gasteiger partial charge in [0, 0.05) is 38.2 Å². The normalized spacial score (nSPS) is 14.5. The second-order valence-corrected chi connectivity index (χ2v) is 10.2. The van der Waals surface area contributed by atoms with E-state index in [-0.39, 0.29) is 35.5 Å². The van der Waals surface area contributed by atoms with Crippen molar-refractivity contribution in [2.24, 2.45) is 5.92 Å². The van der Waals surface area contributed by atoms with Crippen molar-refractivity contribution < 1.29 is 19.1 Å². The first kappa shape index (κ1) is 26.5. The van der Waals surface area contributed by atoms with E-state index < -0.39 is 0 Å². The van der Waals surface area contributed by atoms with Crippen LogP contribution in [0.25, 0.3) is 0 Å². The van der Waals surface area contributed by atoms with E-state index in [1.165, 1.54) is 5.56 Å². The van der Waals surface area contributed by atoms with E-state index in [4.69, 9.17) is 4.74 Å². The number of carbonyl (C=O) groups excluding carboxylic acids is 3. The fraction of sp³-hybridized carbons (Fsp3) is 0.483. The molecule has 1 aliphatic heterocycles. The second-order valence-electron chi connectivity index (χ2n) is 10.2. The molecule has 1 heterocycles. The predicted molar refractivity (Wildman–Crippen MR) is 137 cm³/mol. The number of nitrogens with zero attached hydrogens (tertiary/aromatic N) is 2. The highest BCUT2D eigenvalue weighted by molar-refractivity contribution is 5.94. The maximum atomic E-state index is 13.4. The molecule has 0 atom stereocenters. The Kier molecular flexibility index (Phi) is 9.07. The SMILES string of the molecule is CCOC(=O)C1CCN(C(=O)CCN(Cc2ccccc2)C(=O)c2ccc(C(C)(C)C)cc2)CC1. The largest absolute Gasteiger partial charge is 0.466 e. The van der Waals surface area contributed by atoms with E-state index in [0.717, 1.165) is 5.56 Å². The number of amides is 2. The zero-order chi connectivity index (χ0) is 25.4. The molecular weight excluding hydrogens is 440 g/mol. The van der Waals surface area contributed by atoms with Crippen molar-refractivity contribution in [3.05, 3.63) is 71.3 Å². The van der Waals surface area contributed by atoms with E-state index in [0.29, 0.717) is 51.2 Å². The number of benzene rings is 2.